The highest BCUT2D eigenvalue weighted by molar-refractivity contribution is 6.40. The van der Waals surface area contributed by atoms with Crippen molar-refractivity contribution in [3.05, 3.63) is 291 Å². The molecule has 0 heterocycles. The minimum atomic E-state index is 1.20. The van der Waals surface area contributed by atoms with Crippen LogP contribution in [-0.4, -0.2) is 0 Å². The maximum Gasteiger partial charge on any atom is -0.00139 e. The maximum atomic E-state index is 2.46. The number of fused-ring (bicyclic) bond motifs is 15. The second-order valence-electron chi connectivity index (χ2n) is 20.9. The third kappa shape index (κ3) is 6.80. The summed E-state index contributed by atoms with van der Waals surface area (Å²) in [5.41, 5.74) is 14.8. The smallest absolute Gasteiger partial charge is 0.00139 e. The average molecular weight is 985 g/mol. The van der Waals surface area contributed by atoms with Crippen molar-refractivity contribution in [2.24, 2.45) is 0 Å². The van der Waals surface area contributed by atoms with Crippen LogP contribution in [0.4, 0.5) is 0 Å². The fraction of sp³-hybridized carbons (Fsp3) is 0. The highest BCUT2D eigenvalue weighted by atomic mass is 14.2. The minimum absolute atomic E-state index is 1.20. The van der Waals surface area contributed by atoms with Gasteiger partial charge in [-0.2, -0.15) is 0 Å². The van der Waals surface area contributed by atoms with Crippen molar-refractivity contribution in [1.82, 2.24) is 0 Å². The molecule has 0 spiro atoms. The maximum absolute atomic E-state index is 2.46. The van der Waals surface area contributed by atoms with Crippen molar-refractivity contribution >= 4 is 97.0 Å². The monoisotopic (exact) mass is 984 g/mol. The van der Waals surface area contributed by atoms with Gasteiger partial charge in [0.1, 0.15) is 0 Å². The van der Waals surface area contributed by atoms with Crippen LogP contribution in [0.25, 0.3) is 164 Å². The van der Waals surface area contributed by atoms with Gasteiger partial charge in [0.25, 0.3) is 0 Å². The van der Waals surface area contributed by atoms with Crippen LogP contribution in [0.5, 0.6) is 0 Å². The first kappa shape index (κ1) is 44.2. The number of rotatable bonds is 6. The Morgan fingerprint density at radius 2 is 0.321 bits per heavy atom. The molecule has 16 rings (SSSR count). The molecule has 0 aliphatic rings. The lowest BCUT2D eigenvalue weighted by molar-refractivity contribution is 1.64. The lowest BCUT2D eigenvalue weighted by Gasteiger charge is -2.20. The molecule has 16 aromatic rings. The molecule has 0 fully saturated rings. The second-order valence-corrected chi connectivity index (χ2v) is 20.9. The molecular formula is C78H48. The van der Waals surface area contributed by atoms with E-state index in [1.807, 2.05) is 0 Å². The molecule has 0 atom stereocenters. The molecule has 0 aliphatic carbocycles. The van der Waals surface area contributed by atoms with Crippen LogP contribution in [0, 0.1) is 0 Å². The van der Waals surface area contributed by atoms with Gasteiger partial charge in [0, 0.05) is 0 Å². The number of hydrogen-bond acceptors (Lipinski definition) is 0. The normalized spacial score (nSPS) is 11.8. The summed E-state index contributed by atoms with van der Waals surface area (Å²) in [6.45, 7) is 0. The Kier molecular flexibility index (Phi) is 10.0. The van der Waals surface area contributed by atoms with Crippen LogP contribution in [0.15, 0.2) is 291 Å². The van der Waals surface area contributed by atoms with Crippen molar-refractivity contribution in [2.75, 3.05) is 0 Å². The lowest BCUT2D eigenvalue weighted by atomic mass is 9.83. The predicted molar refractivity (Wildman–Crippen MR) is 337 cm³/mol. The molecule has 0 saturated carbocycles. The standard InChI is InChI=1S/C78H48/c1-5-21-49(22-6-1)73-61-33-17-19-35-63(61)75(51-25-9-3-10-26-51)71-47-55(39-43-67(71)73)53-37-41-65-69(45-53)57-29-13-15-31-59(57)78-66-42-38-54(46-70(66)58-30-14-16-32-60(58)77(65)78)56-40-44-68-72(48-56)76(52-27-11-4-12-28-52)64-36-20-18-34-62(64)74(68)50-23-7-2-8-24-50/h1-48H. The Labute approximate surface area is 452 Å². The van der Waals surface area contributed by atoms with Crippen molar-refractivity contribution in [1.29, 1.82) is 0 Å². The molecule has 360 valence electrons. The van der Waals surface area contributed by atoms with Crippen LogP contribution >= 0.6 is 0 Å². The Hall–Kier alpha value is -10.1. The molecule has 0 aliphatic heterocycles. The largest absolute Gasteiger partial charge is 0.0622 e. The summed E-state index contributed by atoms with van der Waals surface area (Å²) in [4.78, 5) is 0. The molecule has 0 N–H and O–H groups in total. The second kappa shape index (κ2) is 17.7. The van der Waals surface area contributed by atoms with E-state index in [1.165, 1.54) is 164 Å². The molecule has 0 unspecified atom stereocenters. The van der Waals surface area contributed by atoms with Crippen molar-refractivity contribution in [2.45, 2.75) is 0 Å². The first-order valence-corrected chi connectivity index (χ1v) is 27.2. The fourth-order valence-electron chi connectivity index (χ4n) is 13.4. The van der Waals surface area contributed by atoms with E-state index in [4.69, 9.17) is 0 Å². The zero-order chi connectivity index (χ0) is 51.3. The number of benzene rings is 16. The predicted octanol–water partition coefficient (Wildman–Crippen LogP) is 22.1. The topological polar surface area (TPSA) is 0 Å². The van der Waals surface area contributed by atoms with Gasteiger partial charge in [-0.3, -0.25) is 0 Å². The quantitative estimate of drug-likeness (QED) is 0.115. The zero-order valence-electron chi connectivity index (χ0n) is 42.7. The number of hydrogen-bond donors (Lipinski definition) is 0. The first-order chi connectivity index (χ1) is 38.7. The molecule has 0 nitrogen and oxygen atoms in total. The molecule has 0 heteroatoms. The van der Waals surface area contributed by atoms with Crippen molar-refractivity contribution < 1.29 is 0 Å². The Balaban J connectivity index is 0.912. The molecule has 0 aromatic heterocycles. The van der Waals surface area contributed by atoms with Gasteiger partial charge in [0.05, 0.1) is 0 Å². The Morgan fingerprint density at radius 1 is 0.115 bits per heavy atom. The summed E-state index contributed by atoms with van der Waals surface area (Å²) in [7, 11) is 0. The van der Waals surface area contributed by atoms with Crippen molar-refractivity contribution in [3.63, 3.8) is 0 Å². The van der Waals surface area contributed by atoms with Gasteiger partial charge >= 0.3 is 0 Å². The first-order valence-electron chi connectivity index (χ1n) is 27.2. The Bertz CT molecular complexity index is 4770. The van der Waals surface area contributed by atoms with E-state index in [0.29, 0.717) is 0 Å². The van der Waals surface area contributed by atoms with Crippen molar-refractivity contribution in [3.8, 4) is 66.8 Å². The summed E-state index contributed by atoms with van der Waals surface area (Å²) in [5, 5.41) is 22.8. The van der Waals surface area contributed by atoms with Gasteiger partial charge in [-0.15, -0.1) is 0 Å². The van der Waals surface area contributed by atoms with E-state index in [2.05, 4.69) is 291 Å². The van der Waals surface area contributed by atoms with Gasteiger partial charge in [-0.1, -0.05) is 267 Å². The Morgan fingerprint density at radius 3 is 0.628 bits per heavy atom. The van der Waals surface area contributed by atoms with Gasteiger partial charge in [-0.25, -0.2) is 0 Å². The van der Waals surface area contributed by atoms with Crippen LogP contribution in [0.3, 0.4) is 0 Å². The van der Waals surface area contributed by atoms with E-state index in [9.17, 15) is 0 Å². The van der Waals surface area contributed by atoms with Gasteiger partial charge < -0.3 is 0 Å². The summed E-state index contributed by atoms with van der Waals surface area (Å²) >= 11 is 0. The summed E-state index contributed by atoms with van der Waals surface area (Å²) in [5.74, 6) is 0. The average Bonchev–Trinajstić information content (AvgIpc) is 3.61. The molecule has 0 amide bonds. The van der Waals surface area contributed by atoms with Crippen LogP contribution in [0.1, 0.15) is 0 Å². The molecular weight excluding hydrogens is 937 g/mol. The lowest BCUT2D eigenvalue weighted by Crippen LogP contribution is -1.92. The van der Waals surface area contributed by atoms with Crippen LogP contribution < -0.4 is 0 Å². The van der Waals surface area contributed by atoms with E-state index in [-0.39, 0.29) is 0 Å². The summed E-state index contributed by atoms with van der Waals surface area (Å²) < 4.78 is 0. The van der Waals surface area contributed by atoms with E-state index in [1.54, 1.807) is 0 Å². The third-order valence-electron chi connectivity index (χ3n) is 16.8. The molecule has 78 heavy (non-hydrogen) atoms. The van der Waals surface area contributed by atoms with Gasteiger partial charge in [-0.05, 0) is 188 Å². The molecule has 0 radical (unpaired) electrons. The van der Waals surface area contributed by atoms with E-state index < -0.39 is 0 Å². The van der Waals surface area contributed by atoms with Gasteiger partial charge in [0.2, 0.25) is 0 Å². The molecule has 0 saturated heterocycles. The zero-order valence-corrected chi connectivity index (χ0v) is 42.7. The molecule has 16 aromatic carbocycles. The highest BCUT2D eigenvalue weighted by Gasteiger charge is 2.22. The minimum Gasteiger partial charge on any atom is -0.0622 e. The molecule has 0 bridgehead atoms. The fourth-order valence-corrected chi connectivity index (χ4v) is 13.4. The highest BCUT2D eigenvalue weighted by Crippen LogP contribution is 2.49. The van der Waals surface area contributed by atoms with Crippen LogP contribution in [-0.2, 0) is 0 Å². The summed E-state index contributed by atoms with van der Waals surface area (Å²) in [6.07, 6.45) is 0. The van der Waals surface area contributed by atoms with E-state index >= 15 is 0 Å². The SMILES string of the molecule is c1ccc(-c2c3ccccc3c(-c3ccccc3)c3cc(-c4ccc5c(c4)c4ccccc4c4c6ccc(-c7ccc8c(-c9ccccc9)c9ccccc9c(-c9ccccc9)c8c7)cc6c6ccccc6c54)ccc23)cc1. The van der Waals surface area contributed by atoms with Gasteiger partial charge in [0.15, 0.2) is 0 Å². The third-order valence-corrected chi connectivity index (χ3v) is 16.8. The summed E-state index contributed by atoms with van der Waals surface area (Å²) in [6, 6.07) is 108. The van der Waals surface area contributed by atoms with E-state index in [0.717, 1.165) is 0 Å². The van der Waals surface area contributed by atoms with Crippen LogP contribution in [0.2, 0.25) is 0 Å².